The Hall–Kier alpha value is -2.80. The number of allylic oxidation sites excluding steroid dienone is 1. The molecule has 2 heterocycles. The largest absolute Gasteiger partial charge is 0.858 e. The van der Waals surface area contributed by atoms with E-state index < -0.39 is 29.5 Å². The van der Waals surface area contributed by atoms with Gasteiger partial charge >= 0.3 is 0 Å². The molecule has 2 aromatic carbocycles. The van der Waals surface area contributed by atoms with Gasteiger partial charge in [-0.3, -0.25) is 0 Å². The second-order valence-electron chi connectivity index (χ2n) is 10.1. The summed E-state index contributed by atoms with van der Waals surface area (Å²) in [6, 6.07) is 14.9. The smallest absolute Gasteiger partial charge is 0.0656 e. The summed E-state index contributed by atoms with van der Waals surface area (Å²) in [5.41, 5.74) is 4.11. The molecule has 2 aliphatic rings. The van der Waals surface area contributed by atoms with Crippen molar-refractivity contribution >= 4 is 17.3 Å². The number of halogens is 1. The van der Waals surface area contributed by atoms with Gasteiger partial charge in [0.25, 0.3) is 0 Å². The number of fused-ring (bicyclic) bond motifs is 1. The van der Waals surface area contributed by atoms with Gasteiger partial charge in [-0.25, -0.2) is 4.68 Å². The summed E-state index contributed by atoms with van der Waals surface area (Å²) in [6.45, 7) is 6.15. The first-order valence-corrected chi connectivity index (χ1v) is 12.5. The van der Waals surface area contributed by atoms with Gasteiger partial charge in [-0.15, -0.1) is 12.2 Å². The molecule has 0 saturated heterocycles. The number of para-hydroxylation sites is 1. The monoisotopic (exact) mass is 490 g/mol. The average molecular weight is 491 g/mol. The molecule has 6 nitrogen and oxygen atoms in total. The molecule has 7 heteroatoms. The van der Waals surface area contributed by atoms with E-state index in [4.69, 9.17) is 11.6 Å². The minimum absolute atomic E-state index is 0.305. The predicted molar refractivity (Wildman–Crippen MR) is 132 cm³/mol. The quantitative estimate of drug-likeness (QED) is 0.548. The standard InChI is InChI=1S/C28H30ClN3O3/c1-5-9-20-23(27(35)32(30-20)17-10-7-6-8-11-17)24-25(33)18(26(24)34)15-22-28(2,3)19-14-16(29)12-13-21(19)31(22)4/h6-8,10-15,18,24-26,35H,5,9H2,1-4H3/q-2/p-1. The van der Waals surface area contributed by atoms with Crippen LogP contribution in [0, 0.1) is 5.92 Å². The summed E-state index contributed by atoms with van der Waals surface area (Å²) >= 11 is 6.25. The van der Waals surface area contributed by atoms with Gasteiger partial charge in [0.05, 0.1) is 11.4 Å². The number of aryl methyl sites for hydroxylation is 1. The van der Waals surface area contributed by atoms with Crippen LogP contribution in [-0.4, -0.2) is 29.0 Å². The number of aromatic nitrogens is 2. The molecule has 0 radical (unpaired) electrons. The minimum Gasteiger partial charge on any atom is -0.858 e. The first kappa shape index (κ1) is 23.9. The molecule has 1 fully saturated rings. The maximum atomic E-state index is 13.5. The van der Waals surface area contributed by atoms with E-state index in [1.165, 1.54) is 4.68 Å². The molecule has 0 N–H and O–H groups in total. The maximum absolute atomic E-state index is 13.5. The second-order valence-corrected chi connectivity index (χ2v) is 10.5. The lowest BCUT2D eigenvalue weighted by molar-refractivity contribution is -0.543. The number of hydrogen-bond acceptors (Lipinski definition) is 5. The number of rotatable bonds is 5. The normalized spacial score (nSPS) is 26.1. The number of nitrogens with zero attached hydrogens (tertiary/aromatic N) is 3. The van der Waals surface area contributed by atoms with Gasteiger partial charge in [0.15, 0.2) is 0 Å². The third-order valence-electron chi connectivity index (χ3n) is 7.59. The van der Waals surface area contributed by atoms with Crippen LogP contribution in [0.2, 0.25) is 5.02 Å². The fraction of sp³-hybridized carbons (Fsp3) is 0.393. The molecule has 0 spiro atoms. The molecular weight excluding hydrogens is 462 g/mol. The van der Waals surface area contributed by atoms with Gasteiger partial charge in [0.2, 0.25) is 0 Å². The van der Waals surface area contributed by atoms with Crippen LogP contribution < -0.4 is 20.2 Å². The Bertz CT molecular complexity index is 1270. The molecule has 0 amide bonds. The first-order chi connectivity index (χ1) is 16.7. The zero-order chi connectivity index (χ0) is 25.1. The Kier molecular flexibility index (Phi) is 5.94. The van der Waals surface area contributed by atoms with Crippen molar-refractivity contribution in [3.05, 3.63) is 82.1 Å². The first-order valence-electron chi connectivity index (χ1n) is 12.1. The van der Waals surface area contributed by atoms with Crippen molar-refractivity contribution in [2.24, 2.45) is 5.92 Å². The van der Waals surface area contributed by atoms with E-state index in [2.05, 4.69) is 18.9 Å². The summed E-state index contributed by atoms with van der Waals surface area (Å²) in [6.07, 6.45) is 0.769. The van der Waals surface area contributed by atoms with E-state index in [-0.39, 0.29) is 5.88 Å². The van der Waals surface area contributed by atoms with Crippen LogP contribution >= 0.6 is 11.6 Å². The topological polar surface area (TPSA) is 90.2 Å². The highest BCUT2D eigenvalue weighted by molar-refractivity contribution is 6.30. The summed E-state index contributed by atoms with van der Waals surface area (Å²) in [4.78, 5) is 2.04. The fourth-order valence-electron chi connectivity index (χ4n) is 5.67. The molecule has 3 aromatic rings. The number of benzene rings is 2. The van der Waals surface area contributed by atoms with Gasteiger partial charge < -0.3 is 20.2 Å². The summed E-state index contributed by atoms with van der Waals surface area (Å²) in [7, 11) is 1.95. The van der Waals surface area contributed by atoms with Crippen LogP contribution in [0.1, 0.15) is 49.9 Å². The molecule has 1 aliphatic carbocycles. The molecule has 2 atom stereocenters. The lowest BCUT2D eigenvalue weighted by Crippen LogP contribution is -2.65. The van der Waals surface area contributed by atoms with Crippen molar-refractivity contribution in [1.82, 2.24) is 9.78 Å². The van der Waals surface area contributed by atoms with E-state index >= 15 is 0 Å². The van der Waals surface area contributed by atoms with Crippen molar-refractivity contribution in [3.8, 4) is 11.6 Å². The van der Waals surface area contributed by atoms with Crippen LogP contribution in [0.4, 0.5) is 5.69 Å². The van der Waals surface area contributed by atoms with Crippen molar-refractivity contribution in [2.75, 3.05) is 11.9 Å². The van der Waals surface area contributed by atoms with Gasteiger partial charge in [0, 0.05) is 28.9 Å². The Morgan fingerprint density at radius 1 is 1.09 bits per heavy atom. The highest BCUT2D eigenvalue weighted by atomic mass is 35.5. The van der Waals surface area contributed by atoms with E-state index in [9.17, 15) is 15.3 Å². The van der Waals surface area contributed by atoms with Crippen molar-refractivity contribution in [3.63, 3.8) is 0 Å². The van der Waals surface area contributed by atoms with Crippen molar-refractivity contribution < 1.29 is 15.3 Å². The van der Waals surface area contributed by atoms with Crippen LogP contribution in [0.3, 0.4) is 0 Å². The molecule has 1 aromatic heterocycles. The highest BCUT2D eigenvalue weighted by Crippen LogP contribution is 2.51. The molecule has 2 unspecified atom stereocenters. The van der Waals surface area contributed by atoms with Crippen LogP contribution in [0.5, 0.6) is 5.88 Å². The zero-order valence-electron chi connectivity index (χ0n) is 20.4. The van der Waals surface area contributed by atoms with Gasteiger partial charge in [-0.05, 0) is 65.6 Å². The van der Waals surface area contributed by atoms with Crippen LogP contribution in [-0.2, 0) is 11.8 Å². The molecule has 184 valence electrons. The summed E-state index contributed by atoms with van der Waals surface area (Å²) in [5, 5.41) is 45.5. The predicted octanol–water partition coefficient (Wildman–Crippen LogP) is 3.03. The van der Waals surface area contributed by atoms with Gasteiger partial charge in [-0.2, -0.15) is 5.10 Å². The molecule has 1 aliphatic heterocycles. The average Bonchev–Trinajstić information content (AvgIpc) is 3.24. The SMILES string of the molecule is CCCc1nn(-c2ccccc2)c([O-])c1C1C([O-])C(C=C2N(C)c3ccc(Cl)cc3C2(C)C)C1[O-]. The van der Waals surface area contributed by atoms with Crippen LogP contribution in [0.25, 0.3) is 5.69 Å². The van der Waals surface area contributed by atoms with E-state index in [1.807, 2.05) is 61.3 Å². The Balaban J connectivity index is 1.49. The molecule has 35 heavy (non-hydrogen) atoms. The number of likely N-dealkylation sites (N-methyl/N-ethyl adjacent to an activating group) is 1. The van der Waals surface area contributed by atoms with E-state index in [0.29, 0.717) is 28.4 Å². The molecule has 0 bridgehead atoms. The van der Waals surface area contributed by atoms with Crippen molar-refractivity contribution in [2.45, 2.75) is 57.2 Å². The zero-order valence-corrected chi connectivity index (χ0v) is 21.1. The van der Waals surface area contributed by atoms with Gasteiger partial charge in [-0.1, -0.05) is 63.1 Å². The van der Waals surface area contributed by atoms with Crippen LogP contribution in [0.15, 0.2) is 60.3 Å². The van der Waals surface area contributed by atoms with Crippen molar-refractivity contribution in [1.29, 1.82) is 0 Å². The number of hydrogen-bond donors (Lipinski definition) is 0. The maximum Gasteiger partial charge on any atom is 0.0656 e. The Morgan fingerprint density at radius 2 is 1.77 bits per heavy atom. The lowest BCUT2D eigenvalue weighted by atomic mass is 9.64. The minimum atomic E-state index is -1.20. The van der Waals surface area contributed by atoms with Gasteiger partial charge in [0.1, 0.15) is 0 Å². The molecule has 5 rings (SSSR count). The third kappa shape index (κ3) is 3.66. The second kappa shape index (κ2) is 8.70. The summed E-state index contributed by atoms with van der Waals surface area (Å²) in [5.74, 6) is -1.96. The summed E-state index contributed by atoms with van der Waals surface area (Å²) < 4.78 is 1.33. The lowest BCUT2D eigenvalue weighted by Gasteiger charge is -2.61. The van der Waals surface area contributed by atoms with E-state index in [1.54, 1.807) is 12.1 Å². The highest BCUT2D eigenvalue weighted by Gasteiger charge is 2.43. The number of anilines is 1. The third-order valence-corrected chi connectivity index (χ3v) is 7.82. The fourth-order valence-corrected chi connectivity index (χ4v) is 5.85. The Labute approximate surface area is 211 Å². The molecular formula is C28H29ClN3O3-3. The van der Waals surface area contributed by atoms with E-state index in [0.717, 1.165) is 23.4 Å². The molecule has 1 saturated carbocycles. The Morgan fingerprint density at radius 3 is 2.43 bits per heavy atom.